The van der Waals surface area contributed by atoms with E-state index < -0.39 is 0 Å². The van der Waals surface area contributed by atoms with E-state index in [1.807, 2.05) is 36.4 Å². The van der Waals surface area contributed by atoms with Gasteiger partial charge in [-0.25, -0.2) is 5.43 Å². The maximum atomic E-state index is 12.3. The lowest BCUT2D eigenvalue weighted by Crippen LogP contribution is -2.38. The van der Waals surface area contributed by atoms with Crippen molar-refractivity contribution in [3.63, 3.8) is 0 Å². The van der Waals surface area contributed by atoms with Crippen LogP contribution in [0.1, 0.15) is 17.5 Å². The molecule has 134 valence electrons. The van der Waals surface area contributed by atoms with Gasteiger partial charge in [0, 0.05) is 17.8 Å². The Morgan fingerprint density at radius 1 is 1.23 bits per heavy atom. The first-order valence-electron chi connectivity index (χ1n) is 8.75. The average molecular weight is 349 g/mol. The zero-order valence-corrected chi connectivity index (χ0v) is 14.7. The second kappa shape index (κ2) is 8.85. The Hall–Kier alpha value is -3.08. The molecule has 0 bridgehead atoms. The molecule has 1 aliphatic heterocycles. The van der Waals surface area contributed by atoms with E-state index in [-0.39, 0.29) is 5.91 Å². The summed E-state index contributed by atoms with van der Waals surface area (Å²) < 4.78 is 5.57. The van der Waals surface area contributed by atoms with Crippen LogP contribution in [0.15, 0.2) is 66.3 Å². The molecule has 26 heavy (non-hydrogen) atoms. The van der Waals surface area contributed by atoms with Crippen molar-refractivity contribution >= 4 is 17.8 Å². The molecule has 0 aromatic heterocycles. The summed E-state index contributed by atoms with van der Waals surface area (Å²) in [6, 6.07) is 15.8. The number of hydrogen-bond acceptors (Lipinski definition) is 4. The largest absolute Gasteiger partial charge is 0.489 e. The van der Waals surface area contributed by atoms with Crippen LogP contribution in [0.3, 0.4) is 0 Å². The van der Waals surface area contributed by atoms with Gasteiger partial charge in [0.1, 0.15) is 12.4 Å². The summed E-state index contributed by atoms with van der Waals surface area (Å²) in [6.45, 7) is 5.24. The number of hydrogen-bond donors (Lipinski definition) is 1. The van der Waals surface area contributed by atoms with Gasteiger partial charge < -0.3 is 9.64 Å². The van der Waals surface area contributed by atoms with Gasteiger partial charge in [-0.05, 0) is 36.6 Å². The highest BCUT2D eigenvalue weighted by Gasteiger charge is 2.18. The molecule has 5 heteroatoms. The molecule has 1 amide bonds. The van der Waals surface area contributed by atoms with Crippen molar-refractivity contribution in [2.45, 2.75) is 12.8 Å². The van der Waals surface area contributed by atoms with Gasteiger partial charge in [-0.1, -0.05) is 43.0 Å². The smallest absolute Gasteiger partial charge is 0.259 e. The van der Waals surface area contributed by atoms with Gasteiger partial charge in [-0.2, -0.15) is 5.10 Å². The third-order valence-corrected chi connectivity index (χ3v) is 4.21. The van der Waals surface area contributed by atoms with E-state index in [9.17, 15) is 4.79 Å². The zero-order valence-electron chi connectivity index (χ0n) is 14.7. The van der Waals surface area contributed by atoms with Crippen molar-refractivity contribution in [2.75, 3.05) is 24.6 Å². The van der Waals surface area contributed by atoms with E-state index in [1.165, 1.54) is 5.56 Å². The molecule has 0 aliphatic carbocycles. The lowest BCUT2D eigenvalue weighted by Gasteiger charge is -2.30. The van der Waals surface area contributed by atoms with Crippen molar-refractivity contribution in [3.05, 3.63) is 72.3 Å². The Balaban J connectivity index is 1.58. The molecular weight excluding hydrogens is 326 g/mol. The Bertz CT molecular complexity index is 801. The highest BCUT2D eigenvalue weighted by Crippen LogP contribution is 2.26. The summed E-state index contributed by atoms with van der Waals surface area (Å²) in [4.78, 5) is 14.4. The number of benzene rings is 2. The van der Waals surface area contributed by atoms with Gasteiger partial charge in [-0.3, -0.25) is 4.79 Å². The summed E-state index contributed by atoms with van der Waals surface area (Å²) in [5, 5.41) is 4.07. The minimum absolute atomic E-state index is 0.137. The Kier molecular flexibility index (Phi) is 6.04. The molecule has 2 aromatic carbocycles. The molecule has 0 unspecified atom stereocenters. The number of ether oxygens (including phenoxy) is 1. The number of rotatable bonds is 7. The van der Waals surface area contributed by atoms with E-state index in [0.717, 1.165) is 30.6 Å². The number of carbonyl (C=O) groups is 1. The van der Waals surface area contributed by atoms with Gasteiger partial charge in [0.05, 0.1) is 12.8 Å². The molecular formula is C21H23N3O2. The Labute approximate surface area is 154 Å². The van der Waals surface area contributed by atoms with Crippen LogP contribution in [0.4, 0.5) is 5.69 Å². The normalized spacial score (nSPS) is 13.3. The predicted octanol–water partition coefficient (Wildman–Crippen LogP) is 3.15. The summed E-state index contributed by atoms with van der Waals surface area (Å²) in [7, 11) is 0. The molecule has 1 aliphatic rings. The van der Waals surface area contributed by atoms with Crippen LogP contribution in [0.5, 0.6) is 5.75 Å². The van der Waals surface area contributed by atoms with E-state index in [2.05, 4.69) is 34.1 Å². The molecule has 3 rings (SSSR count). The van der Waals surface area contributed by atoms with Gasteiger partial charge >= 0.3 is 0 Å². The first-order valence-corrected chi connectivity index (χ1v) is 8.75. The molecule has 0 saturated carbocycles. The molecule has 5 nitrogen and oxygen atoms in total. The third kappa shape index (κ3) is 4.51. The number of fused-ring (bicyclic) bond motifs is 1. The summed E-state index contributed by atoms with van der Waals surface area (Å²) in [6.07, 6.45) is 5.40. The second-order valence-electron chi connectivity index (χ2n) is 6.08. The van der Waals surface area contributed by atoms with Crippen LogP contribution in [0.2, 0.25) is 0 Å². The highest BCUT2D eigenvalue weighted by atomic mass is 16.5. The van der Waals surface area contributed by atoms with Gasteiger partial charge in [0.25, 0.3) is 5.91 Å². The molecule has 0 atom stereocenters. The topological polar surface area (TPSA) is 53.9 Å². The number of carbonyl (C=O) groups excluding carboxylic acids is 1. The quantitative estimate of drug-likeness (QED) is 0.475. The van der Waals surface area contributed by atoms with Crippen LogP contribution < -0.4 is 15.1 Å². The number of para-hydroxylation sites is 2. The fourth-order valence-electron chi connectivity index (χ4n) is 3.03. The number of nitrogens with zero attached hydrogens (tertiary/aromatic N) is 2. The van der Waals surface area contributed by atoms with E-state index >= 15 is 0 Å². The number of nitrogens with one attached hydrogen (secondary N) is 1. The average Bonchev–Trinajstić information content (AvgIpc) is 2.67. The first-order chi connectivity index (χ1) is 12.8. The first kappa shape index (κ1) is 17.7. The second-order valence-corrected chi connectivity index (χ2v) is 6.08. The molecule has 0 spiro atoms. The lowest BCUT2D eigenvalue weighted by atomic mass is 10.0. The molecule has 1 heterocycles. The number of hydrazone groups is 1. The lowest BCUT2D eigenvalue weighted by molar-refractivity contribution is -0.119. The van der Waals surface area contributed by atoms with Crippen molar-refractivity contribution in [2.24, 2.45) is 5.10 Å². The van der Waals surface area contributed by atoms with Crippen LogP contribution >= 0.6 is 0 Å². The SMILES string of the molecule is C=CCOc1ccccc1/C=N\NC(=O)CN1CCCc2ccccc21. The predicted molar refractivity (Wildman–Crippen MR) is 105 cm³/mol. The zero-order chi connectivity index (χ0) is 18.2. The van der Waals surface area contributed by atoms with Gasteiger partial charge in [0.15, 0.2) is 0 Å². The standard InChI is InChI=1S/C21H23N3O2/c1-2-14-26-20-12-6-4-9-18(20)15-22-23-21(25)16-24-13-7-10-17-8-3-5-11-19(17)24/h2-6,8-9,11-12,15H,1,7,10,13-14,16H2,(H,23,25)/b22-15-. The summed E-state index contributed by atoms with van der Waals surface area (Å²) >= 11 is 0. The third-order valence-electron chi connectivity index (χ3n) is 4.21. The Morgan fingerprint density at radius 3 is 2.92 bits per heavy atom. The monoisotopic (exact) mass is 349 g/mol. The molecule has 0 saturated heterocycles. The maximum absolute atomic E-state index is 12.3. The molecule has 0 radical (unpaired) electrons. The van der Waals surface area contributed by atoms with Crippen LogP contribution in [-0.4, -0.2) is 31.8 Å². The number of aryl methyl sites for hydroxylation is 1. The van der Waals surface area contributed by atoms with Crippen molar-refractivity contribution in [3.8, 4) is 5.75 Å². The maximum Gasteiger partial charge on any atom is 0.259 e. The fourth-order valence-corrected chi connectivity index (χ4v) is 3.03. The van der Waals surface area contributed by atoms with Crippen molar-refractivity contribution in [1.82, 2.24) is 5.43 Å². The number of amides is 1. The van der Waals surface area contributed by atoms with Crippen LogP contribution in [0, 0.1) is 0 Å². The minimum atomic E-state index is -0.137. The van der Waals surface area contributed by atoms with Crippen molar-refractivity contribution < 1.29 is 9.53 Å². The minimum Gasteiger partial charge on any atom is -0.489 e. The summed E-state index contributed by atoms with van der Waals surface area (Å²) in [5.74, 6) is 0.567. The fraction of sp³-hybridized carbons (Fsp3) is 0.238. The van der Waals surface area contributed by atoms with Gasteiger partial charge in [-0.15, -0.1) is 0 Å². The highest BCUT2D eigenvalue weighted by molar-refractivity contribution is 5.86. The molecule has 0 fully saturated rings. The van der Waals surface area contributed by atoms with Crippen LogP contribution in [0.25, 0.3) is 0 Å². The summed E-state index contributed by atoms with van der Waals surface area (Å²) in [5.41, 5.74) is 5.84. The molecule has 2 aromatic rings. The van der Waals surface area contributed by atoms with E-state index in [4.69, 9.17) is 4.74 Å². The van der Waals surface area contributed by atoms with Gasteiger partial charge in [0.2, 0.25) is 0 Å². The Morgan fingerprint density at radius 2 is 2.04 bits per heavy atom. The van der Waals surface area contributed by atoms with E-state index in [1.54, 1.807) is 12.3 Å². The van der Waals surface area contributed by atoms with Crippen LogP contribution in [-0.2, 0) is 11.2 Å². The van der Waals surface area contributed by atoms with Crippen molar-refractivity contribution in [1.29, 1.82) is 0 Å². The molecule has 1 N–H and O–H groups in total. The number of anilines is 1. The van der Waals surface area contributed by atoms with E-state index in [0.29, 0.717) is 18.9 Å².